The third kappa shape index (κ3) is 5.05. The molecule has 108 valence electrons. The number of phenolic OH excluding ortho intramolecular Hbond substituents is 1. The van der Waals surface area contributed by atoms with Gasteiger partial charge in [-0.3, -0.25) is 9.63 Å². The first kappa shape index (κ1) is 14.6. The number of hydrogen-bond donors (Lipinski definition) is 2. The molecule has 20 heavy (non-hydrogen) atoms. The zero-order valence-electron chi connectivity index (χ0n) is 11.5. The van der Waals surface area contributed by atoms with E-state index >= 15 is 0 Å². The summed E-state index contributed by atoms with van der Waals surface area (Å²) in [6, 6.07) is 6.64. The van der Waals surface area contributed by atoms with Gasteiger partial charge in [-0.1, -0.05) is 31.4 Å². The fraction of sp³-hybridized carbons (Fsp3) is 0.438. The number of hydrogen-bond acceptors (Lipinski definition) is 3. The van der Waals surface area contributed by atoms with E-state index in [-0.39, 0.29) is 11.7 Å². The van der Waals surface area contributed by atoms with Crippen LogP contribution in [0, 0.1) is 5.92 Å². The number of hydroxylamine groups is 1. The van der Waals surface area contributed by atoms with Crippen LogP contribution >= 0.6 is 0 Å². The van der Waals surface area contributed by atoms with Gasteiger partial charge in [0.15, 0.2) is 0 Å². The van der Waals surface area contributed by atoms with Gasteiger partial charge < -0.3 is 5.11 Å². The number of aromatic hydroxyl groups is 1. The third-order valence-corrected chi connectivity index (χ3v) is 3.54. The van der Waals surface area contributed by atoms with Crippen molar-refractivity contribution in [2.45, 2.75) is 32.1 Å². The number of benzene rings is 1. The van der Waals surface area contributed by atoms with E-state index < -0.39 is 0 Å². The topological polar surface area (TPSA) is 58.6 Å². The molecule has 4 heteroatoms. The standard InChI is InChI=1S/C16H21NO3/c18-15-9-6-13(7-10-15)8-11-16(19)17-20-12-14-4-2-1-3-5-14/h6-11,14,18H,1-5,12H2,(H,17,19)/b11-8+. The van der Waals surface area contributed by atoms with Crippen LogP contribution in [0.3, 0.4) is 0 Å². The lowest BCUT2D eigenvalue weighted by Gasteiger charge is -2.20. The van der Waals surface area contributed by atoms with Crippen LogP contribution in [-0.4, -0.2) is 17.6 Å². The lowest BCUT2D eigenvalue weighted by atomic mass is 9.90. The van der Waals surface area contributed by atoms with Gasteiger partial charge in [0.1, 0.15) is 5.75 Å². The highest BCUT2D eigenvalue weighted by molar-refractivity contribution is 5.90. The van der Waals surface area contributed by atoms with Crippen molar-refractivity contribution >= 4 is 12.0 Å². The minimum absolute atomic E-state index is 0.211. The number of amides is 1. The summed E-state index contributed by atoms with van der Waals surface area (Å²) in [4.78, 5) is 16.8. The number of carbonyl (C=O) groups excluding carboxylic acids is 1. The predicted octanol–water partition coefficient (Wildman–Crippen LogP) is 3.03. The maximum Gasteiger partial charge on any atom is 0.267 e. The van der Waals surface area contributed by atoms with Gasteiger partial charge in [-0.25, -0.2) is 5.48 Å². The van der Waals surface area contributed by atoms with Crippen molar-refractivity contribution in [1.82, 2.24) is 5.48 Å². The van der Waals surface area contributed by atoms with E-state index in [1.807, 2.05) is 0 Å². The van der Waals surface area contributed by atoms with Crippen molar-refractivity contribution < 1.29 is 14.7 Å². The monoisotopic (exact) mass is 275 g/mol. The Morgan fingerprint density at radius 1 is 1.25 bits per heavy atom. The van der Waals surface area contributed by atoms with E-state index in [0.717, 1.165) is 5.56 Å². The molecule has 1 fully saturated rings. The Labute approximate surface area is 119 Å². The molecular formula is C16H21NO3. The second-order valence-electron chi connectivity index (χ2n) is 5.21. The van der Waals surface area contributed by atoms with Crippen molar-refractivity contribution in [2.75, 3.05) is 6.61 Å². The van der Waals surface area contributed by atoms with Gasteiger partial charge in [0.2, 0.25) is 0 Å². The molecule has 4 nitrogen and oxygen atoms in total. The first-order valence-electron chi connectivity index (χ1n) is 7.13. The molecule has 0 heterocycles. The predicted molar refractivity (Wildman–Crippen MR) is 77.8 cm³/mol. The summed E-state index contributed by atoms with van der Waals surface area (Å²) in [7, 11) is 0. The zero-order valence-corrected chi connectivity index (χ0v) is 11.5. The molecule has 0 radical (unpaired) electrons. The molecule has 2 rings (SSSR count). The van der Waals surface area contributed by atoms with E-state index in [1.165, 1.54) is 38.2 Å². The van der Waals surface area contributed by atoms with Gasteiger partial charge in [-0.15, -0.1) is 0 Å². The van der Waals surface area contributed by atoms with Crippen LogP contribution in [-0.2, 0) is 9.63 Å². The Morgan fingerprint density at radius 2 is 1.95 bits per heavy atom. The van der Waals surface area contributed by atoms with E-state index in [2.05, 4.69) is 5.48 Å². The van der Waals surface area contributed by atoms with Crippen molar-refractivity contribution in [2.24, 2.45) is 5.92 Å². The normalized spacial score (nSPS) is 16.4. The molecule has 0 atom stereocenters. The maximum atomic E-state index is 11.6. The third-order valence-electron chi connectivity index (χ3n) is 3.54. The first-order chi connectivity index (χ1) is 9.74. The fourth-order valence-electron chi connectivity index (χ4n) is 2.38. The van der Waals surface area contributed by atoms with Crippen LogP contribution in [0.5, 0.6) is 5.75 Å². The van der Waals surface area contributed by atoms with Crippen LogP contribution in [0.2, 0.25) is 0 Å². The van der Waals surface area contributed by atoms with Gasteiger partial charge in [0.25, 0.3) is 5.91 Å². The second-order valence-corrected chi connectivity index (χ2v) is 5.21. The van der Waals surface area contributed by atoms with Crippen LogP contribution in [0.1, 0.15) is 37.7 Å². The minimum atomic E-state index is -0.270. The zero-order chi connectivity index (χ0) is 14.2. The molecule has 0 saturated heterocycles. The summed E-state index contributed by atoms with van der Waals surface area (Å²) >= 11 is 0. The highest BCUT2D eigenvalue weighted by atomic mass is 16.6. The number of phenols is 1. The molecule has 0 aromatic heterocycles. The summed E-state index contributed by atoms with van der Waals surface area (Å²) in [6.45, 7) is 0.596. The Morgan fingerprint density at radius 3 is 2.65 bits per heavy atom. The molecular weight excluding hydrogens is 254 g/mol. The van der Waals surface area contributed by atoms with E-state index in [0.29, 0.717) is 12.5 Å². The van der Waals surface area contributed by atoms with E-state index in [4.69, 9.17) is 9.94 Å². The van der Waals surface area contributed by atoms with Crippen molar-refractivity contribution in [3.63, 3.8) is 0 Å². The largest absolute Gasteiger partial charge is 0.508 e. The summed E-state index contributed by atoms with van der Waals surface area (Å²) < 4.78 is 0. The summed E-state index contributed by atoms with van der Waals surface area (Å²) in [5.74, 6) is 0.515. The SMILES string of the molecule is O=C(/C=C/c1ccc(O)cc1)NOCC1CCCCC1. The van der Waals surface area contributed by atoms with Gasteiger partial charge >= 0.3 is 0 Å². The Hall–Kier alpha value is -1.81. The maximum absolute atomic E-state index is 11.6. The Bertz CT molecular complexity index is 447. The van der Waals surface area contributed by atoms with E-state index in [9.17, 15) is 4.79 Å². The Kier molecular flexibility index (Phi) is 5.62. The van der Waals surface area contributed by atoms with Gasteiger partial charge in [-0.2, -0.15) is 0 Å². The number of rotatable bonds is 5. The highest BCUT2D eigenvalue weighted by Crippen LogP contribution is 2.23. The lowest BCUT2D eigenvalue weighted by molar-refractivity contribution is -0.129. The van der Waals surface area contributed by atoms with Crippen molar-refractivity contribution in [3.05, 3.63) is 35.9 Å². The van der Waals surface area contributed by atoms with E-state index in [1.54, 1.807) is 30.3 Å². The molecule has 0 unspecified atom stereocenters. The van der Waals surface area contributed by atoms with Gasteiger partial charge in [0.05, 0.1) is 6.61 Å². The molecule has 0 bridgehead atoms. The molecule has 1 saturated carbocycles. The Balaban J connectivity index is 1.68. The number of carbonyl (C=O) groups is 1. The number of nitrogens with one attached hydrogen (secondary N) is 1. The summed E-state index contributed by atoms with van der Waals surface area (Å²) in [6.07, 6.45) is 9.34. The minimum Gasteiger partial charge on any atom is -0.508 e. The van der Waals surface area contributed by atoms with Gasteiger partial charge in [0, 0.05) is 6.08 Å². The molecule has 1 aliphatic rings. The average Bonchev–Trinajstić information content (AvgIpc) is 2.48. The molecule has 1 aromatic rings. The fourth-order valence-corrected chi connectivity index (χ4v) is 2.38. The quantitative estimate of drug-likeness (QED) is 0.641. The molecule has 0 spiro atoms. The second kappa shape index (κ2) is 7.70. The van der Waals surface area contributed by atoms with Crippen molar-refractivity contribution in [3.8, 4) is 5.75 Å². The molecule has 1 amide bonds. The van der Waals surface area contributed by atoms with Crippen LogP contribution in [0.15, 0.2) is 30.3 Å². The summed E-state index contributed by atoms with van der Waals surface area (Å²) in [5, 5.41) is 9.15. The van der Waals surface area contributed by atoms with Gasteiger partial charge in [-0.05, 0) is 42.5 Å². The first-order valence-corrected chi connectivity index (χ1v) is 7.13. The van der Waals surface area contributed by atoms with Crippen LogP contribution < -0.4 is 5.48 Å². The molecule has 1 aliphatic carbocycles. The molecule has 0 aliphatic heterocycles. The lowest BCUT2D eigenvalue weighted by Crippen LogP contribution is -2.25. The highest BCUT2D eigenvalue weighted by Gasteiger charge is 2.13. The van der Waals surface area contributed by atoms with Crippen LogP contribution in [0.4, 0.5) is 0 Å². The van der Waals surface area contributed by atoms with Crippen molar-refractivity contribution in [1.29, 1.82) is 0 Å². The smallest absolute Gasteiger partial charge is 0.267 e. The van der Waals surface area contributed by atoms with Crippen LogP contribution in [0.25, 0.3) is 6.08 Å². The molecule has 2 N–H and O–H groups in total. The average molecular weight is 275 g/mol. The summed E-state index contributed by atoms with van der Waals surface area (Å²) in [5.41, 5.74) is 3.29. The molecule has 1 aromatic carbocycles.